The molecule has 0 saturated carbocycles. The van der Waals surface area contributed by atoms with Crippen LogP contribution < -0.4 is 14.8 Å². The summed E-state index contributed by atoms with van der Waals surface area (Å²) in [7, 11) is 1.59. The maximum absolute atomic E-state index is 12.4. The lowest BCUT2D eigenvalue weighted by Gasteiger charge is -2.18. The highest BCUT2D eigenvalue weighted by Crippen LogP contribution is 2.30. The maximum Gasteiger partial charge on any atom is 0.265 e. The van der Waals surface area contributed by atoms with Gasteiger partial charge < -0.3 is 14.8 Å². The molecule has 0 aliphatic rings. The van der Waals surface area contributed by atoms with Crippen molar-refractivity contribution in [3.63, 3.8) is 0 Å². The molecule has 2 aromatic carbocycles. The van der Waals surface area contributed by atoms with Gasteiger partial charge in [0.15, 0.2) is 6.10 Å². The summed E-state index contributed by atoms with van der Waals surface area (Å²) in [4.78, 5) is 12.4. The van der Waals surface area contributed by atoms with E-state index in [4.69, 9.17) is 32.7 Å². The van der Waals surface area contributed by atoms with Crippen LogP contribution in [0.3, 0.4) is 0 Å². The Balaban J connectivity index is 2.07. The average Bonchev–Trinajstić information content (AvgIpc) is 2.57. The molecule has 122 valence electrons. The summed E-state index contributed by atoms with van der Waals surface area (Å²) in [6.45, 7) is 1.87. The molecule has 4 nitrogen and oxygen atoms in total. The van der Waals surface area contributed by atoms with Crippen molar-refractivity contribution in [2.24, 2.45) is 0 Å². The number of methoxy groups -OCH3 is 1. The first-order valence-electron chi connectivity index (χ1n) is 7.10. The minimum atomic E-state index is -0.640. The molecule has 0 saturated heterocycles. The molecule has 6 heteroatoms. The number of benzene rings is 2. The lowest BCUT2D eigenvalue weighted by Crippen LogP contribution is -2.32. The molecule has 0 aromatic heterocycles. The smallest absolute Gasteiger partial charge is 0.265 e. The number of hydrogen-bond donors (Lipinski definition) is 1. The zero-order valence-electron chi connectivity index (χ0n) is 12.8. The van der Waals surface area contributed by atoms with Gasteiger partial charge in [-0.05, 0) is 42.8 Å². The van der Waals surface area contributed by atoms with Gasteiger partial charge in [-0.15, -0.1) is 0 Å². The Labute approximate surface area is 145 Å². The molecule has 0 heterocycles. The largest absolute Gasteiger partial charge is 0.497 e. The van der Waals surface area contributed by atoms with Crippen LogP contribution in [0.1, 0.15) is 13.3 Å². The van der Waals surface area contributed by atoms with Gasteiger partial charge in [0.25, 0.3) is 5.91 Å². The summed E-state index contributed by atoms with van der Waals surface area (Å²) in [5, 5.41) is 3.43. The third-order valence-corrected chi connectivity index (χ3v) is 4.03. The van der Waals surface area contributed by atoms with E-state index in [9.17, 15) is 4.79 Å². The van der Waals surface area contributed by atoms with Crippen LogP contribution in [0.15, 0.2) is 42.5 Å². The summed E-state index contributed by atoms with van der Waals surface area (Å²) in [5.74, 6) is 1.03. The standard InChI is InChI=1S/C17H17Cl2NO3/c1-3-15(23-12-9-7-11(22-2)8-10-12)17(21)20-14-6-4-5-13(18)16(14)19/h4-10,15H,3H2,1-2H3,(H,20,21)/t15-/m0/s1. The van der Waals surface area contributed by atoms with Crippen molar-refractivity contribution in [3.05, 3.63) is 52.5 Å². The number of carbonyl (C=O) groups excluding carboxylic acids is 1. The topological polar surface area (TPSA) is 47.6 Å². The summed E-state index contributed by atoms with van der Waals surface area (Å²) >= 11 is 12.0. The summed E-state index contributed by atoms with van der Waals surface area (Å²) in [6, 6.07) is 12.1. The lowest BCUT2D eigenvalue weighted by molar-refractivity contribution is -0.122. The lowest BCUT2D eigenvalue weighted by atomic mass is 10.2. The molecule has 0 fully saturated rings. The number of carbonyl (C=O) groups is 1. The Morgan fingerprint density at radius 3 is 2.39 bits per heavy atom. The van der Waals surface area contributed by atoms with Gasteiger partial charge in [0.05, 0.1) is 22.8 Å². The zero-order valence-corrected chi connectivity index (χ0v) is 14.3. The van der Waals surface area contributed by atoms with Gasteiger partial charge in [0.1, 0.15) is 11.5 Å². The van der Waals surface area contributed by atoms with Gasteiger partial charge in [-0.3, -0.25) is 4.79 Å². The Kier molecular flexibility index (Phi) is 6.13. The molecule has 0 aliphatic carbocycles. The Morgan fingerprint density at radius 1 is 1.13 bits per heavy atom. The number of ether oxygens (including phenoxy) is 2. The van der Waals surface area contributed by atoms with Gasteiger partial charge in [0.2, 0.25) is 0 Å². The fourth-order valence-corrected chi connectivity index (χ4v) is 2.30. The number of rotatable bonds is 6. The van der Waals surface area contributed by atoms with Gasteiger partial charge in [-0.25, -0.2) is 0 Å². The quantitative estimate of drug-likeness (QED) is 0.811. The molecular formula is C17H17Cl2NO3. The van der Waals surface area contributed by atoms with Gasteiger partial charge in [0, 0.05) is 0 Å². The Morgan fingerprint density at radius 2 is 1.78 bits per heavy atom. The van der Waals surface area contributed by atoms with Crippen LogP contribution in [-0.4, -0.2) is 19.1 Å². The first-order chi connectivity index (χ1) is 11.0. The number of halogens is 2. The van der Waals surface area contributed by atoms with Crippen molar-refractivity contribution >= 4 is 34.8 Å². The Hall–Kier alpha value is -1.91. The van der Waals surface area contributed by atoms with Crippen molar-refractivity contribution in [3.8, 4) is 11.5 Å². The SMILES string of the molecule is CC[C@H](Oc1ccc(OC)cc1)C(=O)Nc1cccc(Cl)c1Cl. The number of hydrogen-bond acceptors (Lipinski definition) is 3. The van der Waals surface area contributed by atoms with E-state index in [0.717, 1.165) is 5.75 Å². The van der Waals surface area contributed by atoms with Crippen molar-refractivity contribution in [2.75, 3.05) is 12.4 Å². The van der Waals surface area contributed by atoms with E-state index < -0.39 is 6.10 Å². The number of anilines is 1. The molecule has 2 rings (SSSR count). The molecule has 1 amide bonds. The van der Waals surface area contributed by atoms with E-state index in [-0.39, 0.29) is 5.91 Å². The molecule has 0 radical (unpaired) electrons. The van der Waals surface area contributed by atoms with E-state index in [0.29, 0.717) is 27.9 Å². The van der Waals surface area contributed by atoms with Crippen LogP contribution in [0, 0.1) is 0 Å². The first-order valence-corrected chi connectivity index (χ1v) is 7.86. The van der Waals surface area contributed by atoms with Gasteiger partial charge >= 0.3 is 0 Å². The second kappa shape index (κ2) is 8.09. The van der Waals surface area contributed by atoms with E-state index >= 15 is 0 Å². The predicted octanol–water partition coefficient (Wildman–Crippen LogP) is 4.80. The van der Waals surface area contributed by atoms with Gasteiger partial charge in [-0.1, -0.05) is 36.2 Å². The summed E-state index contributed by atoms with van der Waals surface area (Å²) in [6.07, 6.45) is -0.130. The highest BCUT2D eigenvalue weighted by atomic mass is 35.5. The molecule has 2 aromatic rings. The van der Waals surface area contributed by atoms with Crippen LogP contribution in [-0.2, 0) is 4.79 Å². The van der Waals surface area contributed by atoms with Crippen LogP contribution in [0.5, 0.6) is 11.5 Å². The number of nitrogens with one attached hydrogen (secondary N) is 1. The third-order valence-electron chi connectivity index (χ3n) is 3.21. The zero-order chi connectivity index (χ0) is 16.8. The monoisotopic (exact) mass is 353 g/mol. The van der Waals surface area contributed by atoms with Crippen LogP contribution >= 0.6 is 23.2 Å². The summed E-state index contributed by atoms with van der Waals surface area (Å²) in [5.41, 5.74) is 0.459. The molecule has 1 atom stereocenters. The van der Waals surface area contributed by atoms with E-state index in [2.05, 4.69) is 5.32 Å². The van der Waals surface area contributed by atoms with Crippen LogP contribution in [0.25, 0.3) is 0 Å². The normalized spacial score (nSPS) is 11.7. The molecule has 23 heavy (non-hydrogen) atoms. The highest BCUT2D eigenvalue weighted by Gasteiger charge is 2.20. The van der Waals surface area contributed by atoms with E-state index in [1.807, 2.05) is 6.92 Å². The fraction of sp³-hybridized carbons (Fsp3) is 0.235. The maximum atomic E-state index is 12.4. The van der Waals surface area contributed by atoms with Crippen molar-refractivity contribution in [2.45, 2.75) is 19.4 Å². The second-order valence-electron chi connectivity index (χ2n) is 4.78. The van der Waals surface area contributed by atoms with Crippen molar-refractivity contribution in [1.82, 2.24) is 0 Å². The third kappa shape index (κ3) is 4.53. The average molecular weight is 354 g/mol. The van der Waals surface area contributed by atoms with Crippen LogP contribution in [0.2, 0.25) is 10.0 Å². The minimum absolute atomic E-state index is 0.285. The highest BCUT2D eigenvalue weighted by molar-refractivity contribution is 6.44. The summed E-state index contributed by atoms with van der Waals surface area (Å²) < 4.78 is 10.8. The van der Waals surface area contributed by atoms with Crippen molar-refractivity contribution < 1.29 is 14.3 Å². The predicted molar refractivity (Wildman–Crippen MR) is 92.8 cm³/mol. The van der Waals surface area contributed by atoms with E-state index in [1.54, 1.807) is 49.6 Å². The minimum Gasteiger partial charge on any atom is -0.497 e. The molecule has 0 bridgehead atoms. The number of amides is 1. The van der Waals surface area contributed by atoms with Crippen molar-refractivity contribution in [1.29, 1.82) is 0 Å². The molecule has 0 aliphatic heterocycles. The van der Waals surface area contributed by atoms with Gasteiger partial charge in [-0.2, -0.15) is 0 Å². The van der Waals surface area contributed by atoms with E-state index in [1.165, 1.54) is 0 Å². The fourth-order valence-electron chi connectivity index (χ4n) is 1.95. The first kappa shape index (κ1) is 17.4. The second-order valence-corrected chi connectivity index (χ2v) is 5.57. The molecule has 0 unspecified atom stereocenters. The van der Waals surface area contributed by atoms with Crippen LogP contribution in [0.4, 0.5) is 5.69 Å². The molecule has 0 spiro atoms. The molecule has 1 N–H and O–H groups in total. The molecular weight excluding hydrogens is 337 g/mol. The Bertz CT molecular complexity index is 674.